The van der Waals surface area contributed by atoms with E-state index in [1.54, 1.807) is 100 Å². The summed E-state index contributed by atoms with van der Waals surface area (Å²) in [4.78, 5) is 116. The van der Waals surface area contributed by atoms with Crippen molar-refractivity contribution in [2.45, 2.75) is 96.3 Å². The number of aromatic nitrogens is 6. The molecule has 0 saturated carbocycles. The fraction of sp³-hybridized carbons (Fsp3) is 0.393. The molecule has 0 bridgehead atoms. The molecule has 121 heavy (non-hydrogen) atoms. The second-order valence-electron chi connectivity index (χ2n) is 31.3. The van der Waals surface area contributed by atoms with E-state index in [9.17, 15) is 44.1 Å². The van der Waals surface area contributed by atoms with E-state index < -0.39 is 35.2 Å². The first-order chi connectivity index (χ1) is 57.9. The lowest BCUT2D eigenvalue weighted by molar-refractivity contribution is -0.131. The first kappa shape index (κ1) is 87.3. The summed E-state index contributed by atoms with van der Waals surface area (Å²) in [5.74, 6) is -1.01. The van der Waals surface area contributed by atoms with Crippen LogP contribution in [0.3, 0.4) is 0 Å². The number of aliphatic hydroxyl groups is 3. The first-order valence-electron chi connectivity index (χ1n) is 40.5. The van der Waals surface area contributed by atoms with Gasteiger partial charge in [-0.05, 0) is 76.2 Å². The molecule has 3 saturated heterocycles. The van der Waals surface area contributed by atoms with Crippen LogP contribution in [0.25, 0.3) is 32.7 Å². The minimum absolute atomic E-state index is 0.00387. The van der Waals surface area contributed by atoms with Gasteiger partial charge in [-0.2, -0.15) is 15.0 Å². The second-order valence-corrected chi connectivity index (χ2v) is 32.6. The highest BCUT2D eigenvalue weighted by molar-refractivity contribution is 6.33. The van der Waals surface area contributed by atoms with E-state index >= 15 is 13.2 Å². The van der Waals surface area contributed by atoms with Crippen molar-refractivity contribution < 1.29 is 62.0 Å². The second kappa shape index (κ2) is 38.0. The quantitative estimate of drug-likeness (QED) is 0.0585. The highest BCUT2D eigenvalue weighted by Crippen LogP contribution is 2.47. The lowest BCUT2D eigenvalue weighted by Crippen LogP contribution is -2.49. The Balaban J connectivity index is 0.000000157. The molecule has 26 nitrogen and oxygen atoms in total. The standard InChI is InChI=1S/C30H34ClFN6O3.C30H33ClFN5O3.C29H31ClFN5O4/c1-4-24(40)37-11-13-38(14-12-37)29-22-17-23(31)26(21-16-19(39)15-18-7-5-6-8-20(18)21)27(32)28(22)34-30(35-29)33-10-9-25(41)36(2)3;1-18(38)36-11-13-37(14-12-36)30-23-17-24(31)27(22-16-20(39)15-19-7-4-5-8-21(19)22)28(32)29(23)33-25(34-30)9-6-10-26(40)35(2)3;1-17(37)35-9-11-36(12-10-35)28-22-16-23(30)25(21-15-19(38)14-18-6-4-5-7-20(18)21)26(31)27(22)32-29(33-28)40-13-8-24(39)34(2)3/h5-8,16-17,21,39H,4,9-15H2,1-3H3,(H,33,34,35);4-5,7-8,16-17,22,39H,6,9-15H2,1-3H3;4-7,15-16,21,38H,8-14H2,1-3H3. The van der Waals surface area contributed by atoms with E-state index in [0.29, 0.717) is 163 Å². The maximum atomic E-state index is 16.6. The number of hydrogen-bond acceptors (Lipinski definition) is 20. The lowest BCUT2D eigenvalue weighted by Gasteiger charge is -2.36. The zero-order valence-corrected chi connectivity index (χ0v) is 71.3. The Morgan fingerprint density at radius 1 is 0.471 bits per heavy atom. The zero-order valence-electron chi connectivity index (χ0n) is 69.1. The number of benzene rings is 6. The van der Waals surface area contributed by atoms with Crippen molar-refractivity contribution in [1.82, 2.24) is 59.3 Å². The van der Waals surface area contributed by atoms with Crippen molar-refractivity contribution in [2.24, 2.45) is 0 Å². The van der Waals surface area contributed by atoms with Gasteiger partial charge in [0.15, 0.2) is 17.5 Å². The van der Waals surface area contributed by atoms with Crippen LogP contribution in [0.2, 0.25) is 15.1 Å². The molecule has 9 aromatic rings. The Morgan fingerprint density at radius 3 is 1.24 bits per heavy atom. The maximum Gasteiger partial charge on any atom is 0.319 e. The van der Waals surface area contributed by atoms with Crippen LogP contribution in [0.15, 0.2) is 127 Å². The summed E-state index contributed by atoms with van der Waals surface area (Å²) >= 11 is 20.4. The van der Waals surface area contributed by atoms with Crippen LogP contribution in [-0.2, 0) is 54.5 Å². The van der Waals surface area contributed by atoms with Gasteiger partial charge in [0.1, 0.15) is 46.4 Å². The van der Waals surface area contributed by atoms with Crippen molar-refractivity contribution in [1.29, 1.82) is 0 Å². The molecule has 3 aliphatic carbocycles. The fourth-order valence-electron chi connectivity index (χ4n) is 16.2. The molecular formula is C89H98Cl3F3N16O10. The van der Waals surface area contributed by atoms with Gasteiger partial charge in [-0.15, -0.1) is 0 Å². The van der Waals surface area contributed by atoms with Crippen molar-refractivity contribution >= 4 is 126 Å². The molecule has 0 spiro atoms. The van der Waals surface area contributed by atoms with Gasteiger partial charge >= 0.3 is 6.01 Å². The molecule has 6 aliphatic rings. The molecule has 3 aliphatic heterocycles. The molecule has 3 fully saturated rings. The van der Waals surface area contributed by atoms with Crippen LogP contribution in [-0.4, -0.2) is 244 Å². The molecule has 3 atom stereocenters. The SMILES string of the molecule is CC(=O)N1CCN(c2nc(CCCC(=O)N(C)C)nc3c(F)c(C4C=C(O)Cc5ccccc54)c(Cl)cc23)CC1.CC(=O)N1CCN(c2nc(OCCC(=O)N(C)C)nc3c(F)c(C4C=C(O)Cc5ccccc54)c(Cl)cc23)CC1.CCC(=O)N1CCN(c2nc(NCCC(=O)N(C)C)nc3c(F)c(C4C=C(O)Cc5ccccc54)c(Cl)cc23)CC1. The largest absolute Gasteiger partial charge is 0.512 e. The van der Waals surface area contributed by atoms with Gasteiger partial charge in [0, 0.05) is 252 Å². The minimum atomic E-state index is -0.631. The number of fused-ring (bicyclic) bond motifs is 6. The molecule has 6 amide bonds. The molecule has 6 aromatic carbocycles. The fourth-order valence-corrected chi connectivity index (χ4v) is 17.1. The molecular weight excluding hydrogens is 1620 g/mol. The van der Waals surface area contributed by atoms with E-state index in [0.717, 1.165) is 33.4 Å². The number of hydrogen-bond donors (Lipinski definition) is 4. The monoisotopic (exact) mass is 1710 g/mol. The van der Waals surface area contributed by atoms with E-state index in [-0.39, 0.29) is 139 Å². The van der Waals surface area contributed by atoms with Crippen molar-refractivity contribution in [3.8, 4) is 6.01 Å². The van der Waals surface area contributed by atoms with Crippen LogP contribution in [0, 0.1) is 17.5 Å². The Kier molecular flexibility index (Phi) is 27.4. The van der Waals surface area contributed by atoms with Gasteiger partial charge in [-0.3, -0.25) is 28.8 Å². The number of carbonyl (C=O) groups excluding carboxylic acids is 6. The lowest BCUT2D eigenvalue weighted by atomic mass is 9.82. The molecule has 3 aromatic heterocycles. The number of aryl methyl sites for hydroxylation is 1. The molecule has 15 rings (SSSR count). The summed E-state index contributed by atoms with van der Waals surface area (Å²) in [7, 11) is 10.1. The summed E-state index contributed by atoms with van der Waals surface area (Å²) in [6.45, 7) is 11.4. The Morgan fingerprint density at radius 2 is 0.835 bits per heavy atom. The summed E-state index contributed by atoms with van der Waals surface area (Å²) < 4.78 is 55.4. The van der Waals surface area contributed by atoms with Gasteiger partial charge in [-0.25, -0.2) is 28.1 Å². The first-order valence-corrected chi connectivity index (χ1v) is 41.6. The average molecular weight is 1720 g/mol. The van der Waals surface area contributed by atoms with Gasteiger partial charge in [0.25, 0.3) is 0 Å². The number of amides is 6. The summed E-state index contributed by atoms with van der Waals surface area (Å²) in [6.07, 6.45) is 8.05. The van der Waals surface area contributed by atoms with Crippen LogP contribution in [0.4, 0.5) is 36.6 Å². The predicted molar refractivity (Wildman–Crippen MR) is 462 cm³/mol. The Hall–Kier alpha value is -11.6. The molecule has 4 N–H and O–H groups in total. The van der Waals surface area contributed by atoms with Crippen LogP contribution < -0.4 is 24.8 Å². The number of allylic oxidation sites excluding steroid dienone is 6. The normalized spacial score (nSPS) is 16.9. The molecule has 3 unspecified atom stereocenters. The number of carbonyl (C=O) groups is 6. The van der Waals surface area contributed by atoms with Crippen LogP contribution >= 0.6 is 34.8 Å². The van der Waals surface area contributed by atoms with Gasteiger partial charge in [0.2, 0.25) is 41.4 Å². The number of halogens is 6. The van der Waals surface area contributed by atoms with Crippen molar-refractivity contribution in [2.75, 3.05) is 154 Å². The number of ether oxygens (including phenoxy) is 1. The third-order valence-corrected chi connectivity index (χ3v) is 23.7. The number of anilines is 4. The number of rotatable bonds is 19. The predicted octanol–water partition coefficient (Wildman–Crippen LogP) is 13.2. The topological polar surface area (TPSA) is 291 Å². The third-order valence-electron chi connectivity index (χ3n) is 22.8. The van der Waals surface area contributed by atoms with Gasteiger partial charge in [-0.1, -0.05) is 115 Å². The van der Waals surface area contributed by atoms with Crippen LogP contribution in [0.5, 0.6) is 6.01 Å². The number of aliphatic hydroxyl groups excluding tert-OH is 3. The van der Waals surface area contributed by atoms with Crippen LogP contribution in [0.1, 0.15) is 127 Å². The zero-order chi connectivity index (χ0) is 86.4. The molecule has 32 heteroatoms. The molecule has 636 valence electrons. The number of nitrogens with one attached hydrogen (secondary N) is 1. The highest BCUT2D eigenvalue weighted by atomic mass is 35.5. The number of piperazine rings is 3. The summed E-state index contributed by atoms with van der Waals surface area (Å²) in [5.41, 5.74) is 6.30. The van der Waals surface area contributed by atoms with E-state index in [1.807, 2.05) is 99.3 Å². The Labute approximate surface area is 714 Å². The van der Waals surface area contributed by atoms with Gasteiger partial charge in [0.05, 0.1) is 23.7 Å². The smallest absolute Gasteiger partial charge is 0.319 e. The molecule has 6 heterocycles. The third kappa shape index (κ3) is 19.4. The molecule has 0 radical (unpaired) electrons. The minimum Gasteiger partial charge on any atom is -0.512 e. The highest BCUT2D eigenvalue weighted by Gasteiger charge is 2.36. The Bertz CT molecular complexity index is 5370. The van der Waals surface area contributed by atoms with Gasteiger partial charge < -0.3 is 69.5 Å². The maximum absolute atomic E-state index is 16.6. The van der Waals surface area contributed by atoms with Crippen molar-refractivity contribution in [3.63, 3.8) is 0 Å². The number of nitrogens with zero attached hydrogens (tertiary/aromatic N) is 15. The average Bonchev–Trinajstić information content (AvgIpc) is 0.753. The van der Waals surface area contributed by atoms with E-state index in [1.165, 1.54) is 16.7 Å². The van der Waals surface area contributed by atoms with E-state index in [2.05, 4.69) is 25.3 Å². The summed E-state index contributed by atoms with van der Waals surface area (Å²) in [5, 5.41) is 36.5. The van der Waals surface area contributed by atoms with Crippen molar-refractivity contribution in [3.05, 3.63) is 215 Å². The van der Waals surface area contributed by atoms with E-state index in [4.69, 9.17) is 49.5 Å². The summed E-state index contributed by atoms with van der Waals surface area (Å²) in [6, 6.07) is 27.8.